The summed E-state index contributed by atoms with van der Waals surface area (Å²) in [5, 5.41) is 6.38. The molecule has 0 radical (unpaired) electrons. The highest BCUT2D eigenvalue weighted by atomic mass is 16.5. The number of nitrogens with zero attached hydrogens (tertiary/aromatic N) is 2. The second-order valence-electron chi connectivity index (χ2n) is 3.87. The van der Waals surface area contributed by atoms with E-state index in [9.17, 15) is 4.79 Å². The smallest absolute Gasteiger partial charge is 0.227 e. The Balaban J connectivity index is 1.87. The van der Waals surface area contributed by atoms with Crippen LogP contribution < -0.4 is 11.1 Å². The lowest BCUT2D eigenvalue weighted by atomic mass is 9.68. The molecule has 0 saturated heterocycles. The highest BCUT2D eigenvalue weighted by molar-refractivity contribution is 5.83. The molecule has 82 valence electrons. The summed E-state index contributed by atoms with van der Waals surface area (Å²) in [5.41, 5.74) is 5.26. The summed E-state index contributed by atoms with van der Waals surface area (Å²) in [4.78, 5) is 15.6. The predicted molar refractivity (Wildman–Crippen MR) is 51.5 cm³/mol. The zero-order chi connectivity index (χ0) is 10.7. The van der Waals surface area contributed by atoms with Crippen LogP contribution in [0.5, 0.6) is 0 Å². The lowest BCUT2D eigenvalue weighted by Crippen LogP contribution is -2.50. The highest BCUT2D eigenvalue weighted by Crippen LogP contribution is 2.39. The number of amides is 1. The van der Waals surface area contributed by atoms with E-state index in [0.717, 1.165) is 19.3 Å². The largest absolute Gasteiger partial charge is 0.348 e. The van der Waals surface area contributed by atoms with Crippen LogP contribution in [0.15, 0.2) is 10.9 Å². The van der Waals surface area contributed by atoms with Crippen LogP contribution in [0.2, 0.25) is 0 Å². The molecule has 0 spiro atoms. The fourth-order valence-electron chi connectivity index (χ4n) is 1.74. The number of nitrogens with two attached hydrogens (primary N) is 1. The third-order valence-electron chi connectivity index (χ3n) is 3.00. The van der Waals surface area contributed by atoms with Gasteiger partial charge in [0.05, 0.1) is 12.0 Å². The van der Waals surface area contributed by atoms with Gasteiger partial charge in [0.1, 0.15) is 0 Å². The first-order valence-corrected chi connectivity index (χ1v) is 5.00. The number of aromatic nitrogens is 2. The second kappa shape index (κ2) is 3.98. The van der Waals surface area contributed by atoms with Crippen molar-refractivity contribution in [3.05, 3.63) is 12.2 Å². The zero-order valence-corrected chi connectivity index (χ0v) is 8.40. The van der Waals surface area contributed by atoms with E-state index in [1.165, 1.54) is 6.39 Å². The van der Waals surface area contributed by atoms with Gasteiger partial charge in [0, 0.05) is 6.54 Å². The van der Waals surface area contributed by atoms with E-state index in [0.29, 0.717) is 18.9 Å². The molecule has 1 heterocycles. The van der Waals surface area contributed by atoms with E-state index in [4.69, 9.17) is 5.73 Å². The van der Waals surface area contributed by atoms with Gasteiger partial charge in [-0.3, -0.25) is 4.79 Å². The van der Waals surface area contributed by atoms with Crippen molar-refractivity contribution >= 4 is 5.91 Å². The van der Waals surface area contributed by atoms with Gasteiger partial charge in [0.25, 0.3) is 0 Å². The van der Waals surface area contributed by atoms with Crippen molar-refractivity contribution in [2.75, 3.05) is 6.54 Å². The van der Waals surface area contributed by atoms with E-state index in [2.05, 4.69) is 20.0 Å². The molecular weight excluding hydrogens is 196 g/mol. The molecule has 0 aliphatic heterocycles. The Morgan fingerprint density at radius 1 is 1.67 bits per heavy atom. The average Bonchev–Trinajstić information content (AvgIpc) is 2.66. The summed E-state index contributed by atoms with van der Waals surface area (Å²) in [6.07, 6.45) is 4.07. The quantitative estimate of drug-likeness (QED) is 0.718. The molecule has 1 aliphatic carbocycles. The number of rotatable bonds is 4. The molecule has 1 fully saturated rings. The summed E-state index contributed by atoms with van der Waals surface area (Å²) in [7, 11) is 0. The monoisotopic (exact) mass is 210 g/mol. The van der Waals surface area contributed by atoms with Crippen LogP contribution >= 0.6 is 0 Å². The Morgan fingerprint density at radius 2 is 2.47 bits per heavy atom. The minimum absolute atomic E-state index is 0.000972. The van der Waals surface area contributed by atoms with Gasteiger partial charge in [0.2, 0.25) is 12.3 Å². The minimum Gasteiger partial charge on any atom is -0.348 e. The lowest BCUT2D eigenvalue weighted by Gasteiger charge is -2.38. The summed E-state index contributed by atoms with van der Waals surface area (Å²) in [5.74, 6) is 0.482. The predicted octanol–water partition coefficient (Wildman–Crippen LogP) is -0.185. The van der Waals surface area contributed by atoms with Gasteiger partial charge in [-0.2, -0.15) is 4.98 Å². The van der Waals surface area contributed by atoms with Crippen molar-refractivity contribution < 1.29 is 9.32 Å². The molecular formula is C9H14N4O2. The molecule has 1 aromatic heterocycles. The van der Waals surface area contributed by atoms with E-state index in [1.54, 1.807) is 0 Å². The number of nitrogens with one attached hydrogen (secondary N) is 1. The van der Waals surface area contributed by atoms with Crippen LogP contribution in [0.3, 0.4) is 0 Å². The molecule has 6 nitrogen and oxygen atoms in total. The number of carbonyl (C=O) groups excluding carboxylic acids is 1. The van der Waals surface area contributed by atoms with Crippen LogP contribution in [0.1, 0.15) is 25.1 Å². The molecule has 0 atom stereocenters. The van der Waals surface area contributed by atoms with Crippen LogP contribution in [-0.2, 0) is 11.3 Å². The molecule has 6 heteroatoms. The molecule has 1 amide bonds. The fourth-order valence-corrected chi connectivity index (χ4v) is 1.74. The zero-order valence-electron chi connectivity index (χ0n) is 8.40. The standard InChI is InChI=1S/C9H14N4O2/c10-5-9(2-1-3-9)8(14)11-4-7-12-6-15-13-7/h6H,1-5,10H2,(H,11,14). The van der Waals surface area contributed by atoms with Gasteiger partial charge in [-0.05, 0) is 12.8 Å². The van der Waals surface area contributed by atoms with Gasteiger partial charge < -0.3 is 15.6 Å². The van der Waals surface area contributed by atoms with Crippen LogP contribution in [-0.4, -0.2) is 22.6 Å². The maximum Gasteiger partial charge on any atom is 0.227 e. The fraction of sp³-hybridized carbons (Fsp3) is 0.667. The normalized spacial score (nSPS) is 18.2. The van der Waals surface area contributed by atoms with Gasteiger partial charge in [-0.25, -0.2) is 0 Å². The van der Waals surface area contributed by atoms with Gasteiger partial charge >= 0.3 is 0 Å². The summed E-state index contributed by atoms with van der Waals surface area (Å²) >= 11 is 0. The maximum atomic E-state index is 11.8. The highest BCUT2D eigenvalue weighted by Gasteiger charge is 2.42. The van der Waals surface area contributed by atoms with Crippen molar-refractivity contribution in [3.8, 4) is 0 Å². The topological polar surface area (TPSA) is 94.0 Å². The van der Waals surface area contributed by atoms with E-state index < -0.39 is 0 Å². The Hall–Kier alpha value is -1.43. The SMILES string of the molecule is NCC1(C(=O)NCc2ncon2)CCC1. The first kappa shape index (κ1) is 10.1. The van der Waals surface area contributed by atoms with Crippen molar-refractivity contribution in [2.45, 2.75) is 25.8 Å². The van der Waals surface area contributed by atoms with E-state index in [1.807, 2.05) is 0 Å². The Labute approximate surface area is 87.2 Å². The Kier molecular flexibility index (Phi) is 2.68. The summed E-state index contributed by atoms with van der Waals surface area (Å²) in [6.45, 7) is 0.710. The van der Waals surface area contributed by atoms with Crippen molar-refractivity contribution in [1.82, 2.24) is 15.5 Å². The lowest BCUT2D eigenvalue weighted by molar-refractivity contribution is -0.135. The summed E-state index contributed by atoms with van der Waals surface area (Å²) < 4.78 is 4.56. The molecule has 2 rings (SSSR count). The molecule has 3 N–H and O–H groups in total. The van der Waals surface area contributed by atoms with Crippen LogP contribution in [0.4, 0.5) is 0 Å². The van der Waals surface area contributed by atoms with Gasteiger partial charge in [-0.15, -0.1) is 0 Å². The first-order chi connectivity index (χ1) is 7.27. The minimum atomic E-state index is -0.344. The molecule has 0 bridgehead atoms. The van der Waals surface area contributed by atoms with E-state index in [-0.39, 0.29) is 11.3 Å². The van der Waals surface area contributed by atoms with Crippen molar-refractivity contribution in [2.24, 2.45) is 11.1 Å². The molecule has 0 unspecified atom stereocenters. The third-order valence-corrected chi connectivity index (χ3v) is 3.00. The summed E-state index contributed by atoms with van der Waals surface area (Å²) in [6, 6.07) is 0. The third kappa shape index (κ3) is 1.85. The van der Waals surface area contributed by atoms with Crippen LogP contribution in [0.25, 0.3) is 0 Å². The van der Waals surface area contributed by atoms with Crippen LogP contribution in [0, 0.1) is 5.41 Å². The Morgan fingerprint density at radius 3 is 2.93 bits per heavy atom. The molecule has 1 aromatic rings. The van der Waals surface area contributed by atoms with Crippen molar-refractivity contribution in [1.29, 1.82) is 0 Å². The molecule has 1 saturated carbocycles. The molecule has 1 aliphatic rings. The molecule has 15 heavy (non-hydrogen) atoms. The van der Waals surface area contributed by atoms with Gasteiger partial charge in [0.15, 0.2) is 5.82 Å². The first-order valence-electron chi connectivity index (χ1n) is 5.00. The van der Waals surface area contributed by atoms with Gasteiger partial charge in [-0.1, -0.05) is 11.6 Å². The number of carbonyl (C=O) groups is 1. The van der Waals surface area contributed by atoms with E-state index >= 15 is 0 Å². The Bertz CT molecular complexity index is 326. The number of hydrogen-bond acceptors (Lipinski definition) is 5. The average molecular weight is 210 g/mol. The second-order valence-corrected chi connectivity index (χ2v) is 3.87. The number of hydrogen-bond donors (Lipinski definition) is 2. The van der Waals surface area contributed by atoms with Crippen molar-refractivity contribution in [3.63, 3.8) is 0 Å². The maximum absolute atomic E-state index is 11.8. The molecule has 0 aromatic carbocycles.